The van der Waals surface area contributed by atoms with Crippen molar-refractivity contribution in [3.05, 3.63) is 89.6 Å². The third kappa shape index (κ3) is 4.92. The summed E-state index contributed by atoms with van der Waals surface area (Å²) in [6.45, 7) is 2.56. The van der Waals surface area contributed by atoms with Gasteiger partial charge < -0.3 is 14.6 Å². The zero-order chi connectivity index (χ0) is 28.5. The second-order valence-electron chi connectivity index (χ2n) is 9.80. The molecule has 0 aromatic carbocycles. The van der Waals surface area contributed by atoms with E-state index in [1.54, 1.807) is 21.8 Å². The van der Waals surface area contributed by atoms with E-state index in [1.807, 2.05) is 42.1 Å². The van der Waals surface area contributed by atoms with Crippen LogP contribution in [0.2, 0.25) is 0 Å². The van der Waals surface area contributed by atoms with E-state index in [0.29, 0.717) is 42.2 Å². The molecule has 6 rings (SSSR count). The Kier molecular flexibility index (Phi) is 6.94. The number of aliphatic hydroxyl groups is 1. The molecule has 41 heavy (non-hydrogen) atoms. The van der Waals surface area contributed by atoms with E-state index in [1.165, 1.54) is 19.2 Å². The van der Waals surface area contributed by atoms with Gasteiger partial charge in [0.15, 0.2) is 29.3 Å². The Balaban J connectivity index is 1.38. The van der Waals surface area contributed by atoms with Crippen LogP contribution in [-0.2, 0) is 19.5 Å². The molecule has 5 aromatic heterocycles. The van der Waals surface area contributed by atoms with Gasteiger partial charge in [0.05, 0.1) is 62.3 Å². The fourth-order valence-electron chi connectivity index (χ4n) is 5.20. The average molecular weight is 555 g/mol. The zero-order valence-electron chi connectivity index (χ0n) is 22.5. The number of fused-ring (bicyclic) bond motifs is 2. The predicted molar refractivity (Wildman–Crippen MR) is 145 cm³/mol. The van der Waals surface area contributed by atoms with Gasteiger partial charge in [-0.1, -0.05) is 6.07 Å². The first-order valence-corrected chi connectivity index (χ1v) is 13.1. The normalized spacial score (nSPS) is 15.4. The first-order chi connectivity index (χ1) is 20.0. The second kappa shape index (κ2) is 10.9. The summed E-state index contributed by atoms with van der Waals surface area (Å²) in [5, 5.41) is 29.4. The Hall–Kier alpha value is -5.02. The third-order valence-electron chi connectivity index (χ3n) is 7.32. The Morgan fingerprint density at radius 2 is 2.07 bits per heavy atom. The Morgan fingerprint density at radius 3 is 2.78 bits per heavy atom. The summed E-state index contributed by atoms with van der Waals surface area (Å²) in [6, 6.07) is 10.3. The van der Waals surface area contributed by atoms with Gasteiger partial charge in [-0.2, -0.15) is 15.5 Å². The number of methoxy groups -OCH3 is 1. The number of ether oxygens (including phenoxy) is 2. The zero-order valence-corrected chi connectivity index (χ0v) is 22.5. The van der Waals surface area contributed by atoms with Gasteiger partial charge in [-0.3, -0.25) is 19.5 Å². The number of nitriles is 1. The lowest BCUT2D eigenvalue weighted by atomic mass is 10.0. The van der Waals surface area contributed by atoms with Crippen LogP contribution in [0.25, 0.3) is 16.8 Å². The van der Waals surface area contributed by atoms with Crippen molar-refractivity contribution in [2.45, 2.75) is 38.6 Å². The largest absolute Gasteiger partial charge is 0.493 e. The number of hydrogen-bond donors (Lipinski definition) is 1. The van der Waals surface area contributed by atoms with Crippen molar-refractivity contribution < 1.29 is 19.0 Å². The van der Waals surface area contributed by atoms with E-state index in [2.05, 4.69) is 21.3 Å². The number of pyridine rings is 3. The fourth-order valence-corrected chi connectivity index (χ4v) is 5.20. The van der Waals surface area contributed by atoms with Crippen LogP contribution in [0.4, 0.5) is 4.39 Å². The first kappa shape index (κ1) is 26.2. The number of aromatic nitrogens is 6. The van der Waals surface area contributed by atoms with E-state index in [9.17, 15) is 14.8 Å². The second-order valence-corrected chi connectivity index (χ2v) is 9.80. The minimum absolute atomic E-state index is 0.0835. The molecule has 11 nitrogen and oxygen atoms in total. The SMILES string of the molecule is COc1cnn2cc(-c3nn4c(c3C)CN(C#N)C(Cc3ccccn3)C4)cc(OC(CO)c3ccc(F)cn3)c12. The summed E-state index contributed by atoms with van der Waals surface area (Å²) >= 11 is 0. The molecule has 0 saturated carbocycles. The molecule has 0 radical (unpaired) electrons. The molecule has 0 spiro atoms. The topological polar surface area (TPSA) is 127 Å². The van der Waals surface area contributed by atoms with Crippen molar-refractivity contribution in [1.82, 2.24) is 34.3 Å². The number of nitrogens with zero attached hydrogens (tertiary/aromatic N) is 8. The van der Waals surface area contributed by atoms with Crippen molar-refractivity contribution in [3.8, 4) is 28.9 Å². The maximum Gasteiger partial charge on any atom is 0.180 e. The first-order valence-electron chi connectivity index (χ1n) is 13.1. The van der Waals surface area contributed by atoms with Crippen molar-refractivity contribution >= 4 is 5.52 Å². The number of hydrogen-bond acceptors (Lipinski definition) is 9. The lowest BCUT2D eigenvalue weighted by Crippen LogP contribution is -2.42. The molecule has 12 heteroatoms. The van der Waals surface area contributed by atoms with Crippen molar-refractivity contribution in [3.63, 3.8) is 0 Å². The van der Waals surface area contributed by atoms with Crippen LogP contribution in [0.3, 0.4) is 0 Å². The summed E-state index contributed by atoms with van der Waals surface area (Å²) in [5.41, 5.74) is 5.18. The van der Waals surface area contributed by atoms with Crippen LogP contribution in [0.5, 0.6) is 11.5 Å². The molecular formula is C29H27FN8O3. The third-order valence-corrected chi connectivity index (χ3v) is 7.32. The number of aliphatic hydroxyl groups excluding tert-OH is 1. The van der Waals surface area contributed by atoms with Gasteiger partial charge in [0.1, 0.15) is 5.82 Å². The maximum absolute atomic E-state index is 13.5. The minimum Gasteiger partial charge on any atom is -0.493 e. The molecule has 2 unspecified atom stereocenters. The van der Waals surface area contributed by atoms with Gasteiger partial charge in [0.2, 0.25) is 0 Å². The highest BCUT2D eigenvalue weighted by Crippen LogP contribution is 2.37. The highest BCUT2D eigenvalue weighted by atomic mass is 19.1. The van der Waals surface area contributed by atoms with Gasteiger partial charge in [0.25, 0.3) is 0 Å². The Morgan fingerprint density at radius 1 is 1.20 bits per heavy atom. The van der Waals surface area contributed by atoms with E-state index in [4.69, 9.17) is 14.6 Å². The fraction of sp³-hybridized carbons (Fsp3) is 0.276. The highest BCUT2D eigenvalue weighted by Gasteiger charge is 2.30. The molecule has 0 amide bonds. The molecule has 0 fully saturated rings. The summed E-state index contributed by atoms with van der Waals surface area (Å²) in [7, 11) is 1.54. The molecule has 1 N–H and O–H groups in total. The van der Waals surface area contributed by atoms with Crippen LogP contribution in [-0.4, -0.2) is 59.1 Å². The molecule has 0 saturated heterocycles. The molecule has 0 bridgehead atoms. The highest BCUT2D eigenvalue weighted by molar-refractivity contribution is 5.75. The summed E-state index contributed by atoms with van der Waals surface area (Å²) in [4.78, 5) is 10.3. The van der Waals surface area contributed by atoms with Gasteiger partial charge in [-0.05, 0) is 37.3 Å². The minimum atomic E-state index is -0.859. The molecular weight excluding hydrogens is 527 g/mol. The van der Waals surface area contributed by atoms with Crippen LogP contribution in [0.15, 0.2) is 61.2 Å². The van der Waals surface area contributed by atoms with Crippen LogP contribution >= 0.6 is 0 Å². The number of rotatable bonds is 8. The van der Waals surface area contributed by atoms with E-state index >= 15 is 0 Å². The van der Waals surface area contributed by atoms with Crippen LogP contribution < -0.4 is 9.47 Å². The quantitative estimate of drug-likeness (QED) is 0.287. The van der Waals surface area contributed by atoms with Gasteiger partial charge in [-0.15, -0.1) is 0 Å². The standard InChI is InChI=1S/C29H27FN8O3/c1-18-24-15-36(17-31)22(10-21-5-3-4-8-32-21)14-37(24)35-28(18)19-9-25(29-26(40-2)12-34-38(29)13-19)41-27(16-39)23-7-6-20(30)11-33-23/h3-9,11-13,22,27,39H,10,14-16H2,1-2H3. The molecule has 5 aromatic rings. The van der Waals surface area contributed by atoms with Gasteiger partial charge in [-0.25, -0.2) is 8.91 Å². The van der Waals surface area contributed by atoms with E-state index in [0.717, 1.165) is 34.4 Å². The smallest absolute Gasteiger partial charge is 0.180 e. The van der Waals surface area contributed by atoms with Crippen LogP contribution in [0.1, 0.15) is 28.7 Å². The van der Waals surface area contributed by atoms with Crippen molar-refractivity contribution in [2.75, 3.05) is 13.7 Å². The van der Waals surface area contributed by atoms with Crippen LogP contribution in [0, 0.1) is 24.2 Å². The van der Waals surface area contributed by atoms with Crippen molar-refractivity contribution in [1.29, 1.82) is 5.26 Å². The lowest BCUT2D eigenvalue weighted by molar-refractivity contribution is 0.114. The summed E-state index contributed by atoms with van der Waals surface area (Å²) < 4.78 is 28.8. The van der Waals surface area contributed by atoms with E-state index in [-0.39, 0.29) is 12.6 Å². The lowest BCUT2D eigenvalue weighted by Gasteiger charge is -2.32. The molecule has 6 heterocycles. The predicted octanol–water partition coefficient (Wildman–Crippen LogP) is 3.46. The molecule has 1 aliphatic rings. The number of halogens is 1. The van der Waals surface area contributed by atoms with Gasteiger partial charge in [0, 0.05) is 35.6 Å². The Labute approximate surface area is 235 Å². The van der Waals surface area contributed by atoms with Crippen molar-refractivity contribution in [2.24, 2.45) is 0 Å². The average Bonchev–Trinajstić information content (AvgIpc) is 3.56. The summed E-state index contributed by atoms with van der Waals surface area (Å²) in [6.07, 6.45) is 8.36. The van der Waals surface area contributed by atoms with E-state index < -0.39 is 11.9 Å². The summed E-state index contributed by atoms with van der Waals surface area (Å²) in [5.74, 6) is 0.390. The molecule has 2 atom stereocenters. The Bertz CT molecular complexity index is 1730. The maximum atomic E-state index is 13.5. The molecule has 1 aliphatic heterocycles. The molecule has 0 aliphatic carbocycles. The van der Waals surface area contributed by atoms with Gasteiger partial charge >= 0.3 is 0 Å². The molecule has 208 valence electrons. The monoisotopic (exact) mass is 554 g/mol.